The maximum Gasteiger partial charge on any atom is 0.123 e. The van der Waals surface area contributed by atoms with Crippen LogP contribution in [0.3, 0.4) is 0 Å². The van der Waals surface area contributed by atoms with E-state index in [-0.39, 0.29) is 0 Å². The molecule has 1 aromatic rings. The second-order valence-corrected chi connectivity index (χ2v) is 5.64. The normalized spacial score (nSPS) is 17.5. The third-order valence-electron chi connectivity index (χ3n) is 3.25. The van der Waals surface area contributed by atoms with Crippen LogP contribution in [0.25, 0.3) is 0 Å². The number of imidazole rings is 1. The van der Waals surface area contributed by atoms with Gasteiger partial charge < -0.3 is 9.88 Å². The van der Waals surface area contributed by atoms with E-state index in [1.165, 1.54) is 25.7 Å². The summed E-state index contributed by atoms with van der Waals surface area (Å²) in [5.41, 5.74) is 0. The molecule has 0 amide bonds. The Hall–Kier alpha value is -0.350. The summed E-state index contributed by atoms with van der Waals surface area (Å²) in [6.07, 6.45) is 7.29. The molecule has 0 aromatic carbocycles. The zero-order valence-electron chi connectivity index (χ0n) is 10.0. The van der Waals surface area contributed by atoms with Crippen molar-refractivity contribution in [2.24, 2.45) is 0 Å². The topological polar surface area (TPSA) is 29.9 Å². The van der Waals surface area contributed by atoms with Gasteiger partial charge in [-0.2, -0.15) is 0 Å². The van der Waals surface area contributed by atoms with Gasteiger partial charge >= 0.3 is 0 Å². The number of hydrogen-bond donors (Lipinski definition) is 1. The van der Waals surface area contributed by atoms with Crippen LogP contribution in [0.15, 0.2) is 10.8 Å². The Labute approximate surface area is 106 Å². The van der Waals surface area contributed by atoms with Gasteiger partial charge in [0, 0.05) is 12.1 Å². The molecule has 0 saturated heterocycles. The molecule has 1 heterocycles. The Kier molecular flexibility index (Phi) is 4.03. The molecule has 1 N–H and O–H groups in total. The molecule has 90 valence electrons. The second kappa shape index (κ2) is 5.32. The lowest BCUT2D eigenvalue weighted by molar-refractivity contribution is 0.482. The van der Waals surface area contributed by atoms with Crippen LogP contribution in [0.2, 0.25) is 0 Å². The molecule has 0 unspecified atom stereocenters. The van der Waals surface area contributed by atoms with Crippen LogP contribution >= 0.6 is 15.9 Å². The van der Waals surface area contributed by atoms with Crippen molar-refractivity contribution in [1.82, 2.24) is 14.9 Å². The lowest BCUT2D eigenvalue weighted by atomic mass is 10.2. The standard InChI is InChI=1S/C12H20BrN3/c1-9(2)16-11(13)7-15-12(16)8-14-10-5-3-4-6-10/h7,9-10,14H,3-6,8H2,1-2H3. The first-order chi connectivity index (χ1) is 7.68. The number of nitrogens with zero attached hydrogens (tertiary/aromatic N) is 2. The molecule has 4 heteroatoms. The zero-order chi connectivity index (χ0) is 11.5. The Morgan fingerprint density at radius 1 is 1.50 bits per heavy atom. The summed E-state index contributed by atoms with van der Waals surface area (Å²) in [7, 11) is 0. The third-order valence-corrected chi connectivity index (χ3v) is 3.84. The van der Waals surface area contributed by atoms with Crippen molar-refractivity contribution in [3.05, 3.63) is 16.6 Å². The molecule has 1 aliphatic rings. The largest absolute Gasteiger partial charge is 0.319 e. The van der Waals surface area contributed by atoms with E-state index < -0.39 is 0 Å². The molecule has 0 spiro atoms. The van der Waals surface area contributed by atoms with Crippen molar-refractivity contribution in [1.29, 1.82) is 0 Å². The van der Waals surface area contributed by atoms with Gasteiger partial charge in [-0.25, -0.2) is 4.98 Å². The van der Waals surface area contributed by atoms with Crippen molar-refractivity contribution in [3.8, 4) is 0 Å². The van der Waals surface area contributed by atoms with Gasteiger partial charge in [0.25, 0.3) is 0 Å². The lowest BCUT2D eigenvalue weighted by Crippen LogP contribution is -2.27. The minimum Gasteiger partial charge on any atom is -0.319 e. The number of aromatic nitrogens is 2. The number of hydrogen-bond acceptors (Lipinski definition) is 2. The third kappa shape index (κ3) is 2.66. The van der Waals surface area contributed by atoms with E-state index in [0.717, 1.165) is 17.0 Å². The Balaban J connectivity index is 1.97. The van der Waals surface area contributed by atoms with Crippen LogP contribution < -0.4 is 5.32 Å². The average molecular weight is 286 g/mol. The van der Waals surface area contributed by atoms with Crippen LogP contribution in [0.5, 0.6) is 0 Å². The van der Waals surface area contributed by atoms with E-state index in [1.54, 1.807) is 0 Å². The summed E-state index contributed by atoms with van der Waals surface area (Å²) >= 11 is 3.54. The minimum atomic E-state index is 0.456. The highest BCUT2D eigenvalue weighted by molar-refractivity contribution is 9.10. The highest BCUT2D eigenvalue weighted by Gasteiger charge is 2.16. The van der Waals surface area contributed by atoms with Crippen LogP contribution in [0.1, 0.15) is 51.4 Å². The molecular weight excluding hydrogens is 266 g/mol. The van der Waals surface area contributed by atoms with Crippen LogP contribution in [0, 0.1) is 0 Å². The minimum absolute atomic E-state index is 0.456. The van der Waals surface area contributed by atoms with Gasteiger partial charge in [0.05, 0.1) is 12.7 Å². The monoisotopic (exact) mass is 285 g/mol. The summed E-state index contributed by atoms with van der Waals surface area (Å²) < 4.78 is 3.31. The molecule has 1 fully saturated rings. The maximum atomic E-state index is 4.45. The van der Waals surface area contributed by atoms with Gasteiger partial charge in [0.2, 0.25) is 0 Å². The molecule has 1 aliphatic carbocycles. The molecule has 0 bridgehead atoms. The number of nitrogens with one attached hydrogen (secondary N) is 1. The van der Waals surface area contributed by atoms with Gasteiger partial charge in [0.15, 0.2) is 0 Å². The molecular formula is C12H20BrN3. The quantitative estimate of drug-likeness (QED) is 0.920. The summed E-state index contributed by atoms with van der Waals surface area (Å²) in [6, 6.07) is 1.16. The van der Waals surface area contributed by atoms with Gasteiger partial charge in [-0.3, -0.25) is 0 Å². The fourth-order valence-electron chi connectivity index (χ4n) is 2.42. The zero-order valence-corrected chi connectivity index (χ0v) is 11.6. The highest BCUT2D eigenvalue weighted by atomic mass is 79.9. The van der Waals surface area contributed by atoms with E-state index in [1.807, 2.05) is 6.20 Å². The molecule has 0 atom stereocenters. The van der Waals surface area contributed by atoms with E-state index in [4.69, 9.17) is 0 Å². The fraction of sp³-hybridized carbons (Fsp3) is 0.750. The number of rotatable bonds is 4. The molecule has 0 radical (unpaired) electrons. The molecule has 2 rings (SSSR count). The predicted molar refractivity (Wildman–Crippen MR) is 69.4 cm³/mol. The van der Waals surface area contributed by atoms with Gasteiger partial charge in [-0.1, -0.05) is 12.8 Å². The van der Waals surface area contributed by atoms with Crippen molar-refractivity contribution in [3.63, 3.8) is 0 Å². The molecule has 3 nitrogen and oxygen atoms in total. The van der Waals surface area contributed by atoms with Crippen molar-refractivity contribution in [2.75, 3.05) is 0 Å². The van der Waals surface area contributed by atoms with Gasteiger partial charge in [0.1, 0.15) is 10.4 Å². The summed E-state index contributed by atoms with van der Waals surface area (Å²) in [5.74, 6) is 1.13. The van der Waals surface area contributed by atoms with Crippen molar-refractivity contribution >= 4 is 15.9 Å². The Morgan fingerprint density at radius 3 is 2.81 bits per heavy atom. The van der Waals surface area contributed by atoms with E-state index >= 15 is 0 Å². The Morgan fingerprint density at radius 2 is 2.19 bits per heavy atom. The molecule has 1 saturated carbocycles. The van der Waals surface area contributed by atoms with E-state index in [0.29, 0.717) is 12.1 Å². The van der Waals surface area contributed by atoms with Crippen LogP contribution in [-0.4, -0.2) is 15.6 Å². The smallest absolute Gasteiger partial charge is 0.123 e. The fourth-order valence-corrected chi connectivity index (χ4v) is 3.13. The van der Waals surface area contributed by atoms with E-state index in [9.17, 15) is 0 Å². The van der Waals surface area contributed by atoms with Crippen molar-refractivity contribution < 1.29 is 0 Å². The first kappa shape index (κ1) is 12.1. The lowest BCUT2D eigenvalue weighted by Gasteiger charge is -2.16. The summed E-state index contributed by atoms with van der Waals surface area (Å²) in [5, 5.41) is 3.60. The summed E-state index contributed by atoms with van der Waals surface area (Å²) in [6.45, 7) is 5.26. The van der Waals surface area contributed by atoms with Gasteiger partial charge in [-0.15, -0.1) is 0 Å². The average Bonchev–Trinajstić information content (AvgIpc) is 2.83. The second-order valence-electron chi connectivity index (χ2n) is 4.82. The first-order valence-corrected chi connectivity index (χ1v) is 6.92. The van der Waals surface area contributed by atoms with Crippen LogP contribution in [-0.2, 0) is 6.54 Å². The summed E-state index contributed by atoms with van der Waals surface area (Å²) in [4.78, 5) is 4.45. The maximum absolute atomic E-state index is 4.45. The SMILES string of the molecule is CC(C)n1c(Br)cnc1CNC1CCCC1. The predicted octanol–water partition coefficient (Wildman–Crippen LogP) is 3.26. The van der Waals surface area contributed by atoms with Crippen molar-refractivity contribution in [2.45, 2.75) is 58.2 Å². The van der Waals surface area contributed by atoms with Crippen LogP contribution in [0.4, 0.5) is 0 Å². The first-order valence-electron chi connectivity index (χ1n) is 6.13. The molecule has 0 aliphatic heterocycles. The van der Waals surface area contributed by atoms with E-state index in [2.05, 4.69) is 44.6 Å². The molecule has 16 heavy (non-hydrogen) atoms. The molecule has 1 aromatic heterocycles. The number of halogens is 1. The highest BCUT2D eigenvalue weighted by Crippen LogP contribution is 2.21. The van der Waals surface area contributed by atoms with Gasteiger partial charge in [-0.05, 0) is 42.6 Å². The Bertz CT molecular complexity index is 340.